The highest BCUT2D eigenvalue weighted by atomic mass is 19.3. The fraction of sp³-hybridized carbons (Fsp3) is 0.308. The van der Waals surface area contributed by atoms with Crippen molar-refractivity contribution in [1.82, 2.24) is 39.6 Å². The lowest BCUT2D eigenvalue weighted by Gasteiger charge is -2.32. The van der Waals surface area contributed by atoms with Gasteiger partial charge in [-0.2, -0.15) is 23.5 Å². The number of hydrazine groups is 1. The van der Waals surface area contributed by atoms with E-state index in [1.165, 1.54) is 24.9 Å². The summed E-state index contributed by atoms with van der Waals surface area (Å²) in [5.41, 5.74) is 4.92. The Bertz CT molecular complexity index is 1500. The number of aromatic nitrogens is 6. The minimum absolute atomic E-state index is 0.0751. The molecule has 4 aromatic rings. The summed E-state index contributed by atoms with van der Waals surface area (Å²) in [6.07, 6.45) is 4.05. The Balaban J connectivity index is 1.31. The van der Waals surface area contributed by atoms with Gasteiger partial charge >= 0.3 is 0 Å². The number of nitrogens with zero attached hydrogens (tertiary/aromatic N) is 8. The van der Waals surface area contributed by atoms with Crippen LogP contribution in [0, 0.1) is 6.92 Å². The van der Waals surface area contributed by atoms with Crippen molar-refractivity contribution in [3.8, 4) is 5.82 Å². The van der Waals surface area contributed by atoms with Crippen LogP contribution in [0.2, 0.25) is 0 Å². The normalized spacial score (nSPS) is 14.6. The number of carbonyl (C=O) groups is 1. The molecule has 0 radical (unpaired) electrons. The molecule has 3 N–H and O–H groups in total. The number of likely N-dealkylation sites (N-methyl/N-ethyl adjacent to an activating group) is 1. The highest BCUT2D eigenvalue weighted by Gasteiger charge is 2.27. The summed E-state index contributed by atoms with van der Waals surface area (Å²) in [5.74, 6) is -2.14. The number of piperazine rings is 1. The molecule has 0 spiro atoms. The van der Waals surface area contributed by atoms with Gasteiger partial charge in [0.25, 0.3) is 11.8 Å². The minimum atomic E-state index is -3.15. The molecule has 5 rings (SSSR count). The standard InChI is InChI=1S/C26H29F2N11O/c1-17-4-5-19(34-24(40)18-6-7-29-21(12-18)26(2,27)28)13-20(17)35-25-32-16-33-39(25)23-14-22(30-15-31-23)36-38-10-8-37(3)9-11-38/h4-7,12-16H,8-11H2,1-3H3,(H,34,40)(H,30,31,36)(H,32,33,35). The number of alkyl halides is 2. The molecule has 1 amide bonds. The average Bonchev–Trinajstić information content (AvgIpc) is 3.40. The lowest BCUT2D eigenvalue weighted by Crippen LogP contribution is -2.47. The van der Waals surface area contributed by atoms with Gasteiger partial charge in [-0.1, -0.05) is 6.07 Å². The second-order valence-corrected chi connectivity index (χ2v) is 9.59. The van der Waals surface area contributed by atoms with Crippen LogP contribution in [-0.4, -0.2) is 78.8 Å². The van der Waals surface area contributed by atoms with Crippen molar-refractivity contribution in [3.63, 3.8) is 0 Å². The number of anilines is 4. The lowest BCUT2D eigenvalue weighted by molar-refractivity contribution is 0.0127. The highest BCUT2D eigenvalue weighted by molar-refractivity contribution is 6.04. The van der Waals surface area contributed by atoms with Crippen molar-refractivity contribution < 1.29 is 13.6 Å². The summed E-state index contributed by atoms with van der Waals surface area (Å²) in [7, 11) is 2.09. The Kier molecular flexibility index (Phi) is 7.62. The Morgan fingerprint density at radius 2 is 1.77 bits per heavy atom. The molecule has 4 heterocycles. The molecule has 0 saturated carbocycles. The van der Waals surface area contributed by atoms with E-state index in [-0.39, 0.29) is 5.56 Å². The van der Waals surface area contributed by atoms with Crippen LogP contribution in [0.3, 0.4) is 0 Å². The number of carbonyl (C=O) groups excluding carboxylic acids is 1. The number of halogens is 2. The second-order valence-electron chi connectivity index (χ2n) is 9.59. The molecule has 0 atom stereocenters. The number of aryl methyl sites for hydroxylation is 1. The fourth-order valence-electron chi connectivity index (χ4n) is 4.07. The van der Waals surface area contributed by atoms with Crippen molar-refractivity contribution >= 4 is 29.0 Å². The molecule has 12 nitrogen and oxygen atoms in total. The van der Waals surface area contributed by atoms with Gasteiger partial charge in [-0.25, -0.2) is 15.0 Å². The van der Waals surface area contributed by atoms with Crippen LogP contribution in [0.15, 0.2) is 55.2 Å². The van der Waals surface area contributed by atoms with Crippen molar-refractivity contribution in [3.05, 3.63) is 72.1 Å². The maximum absolute atomic E-state index is 13.7. The smallest absolute Gasteiger partial charge is 0.286 e. The minimum Gasteiger partial charge on any atom is -0.324 e. The first kappa shape index (κ1) is 27.0. The van der Waals surface area contributed by atoms with Crippen LogP contribution in [-0.2, 0) is 5.92 Å². The third-order valence-electron chi connectivity index (χ3n) is 6.41. The van der Waals surface area contributed by atoms with E-state index in [0.29, 0.717) is 29.0 Å². The molecule has 1 saturated heterocycles. The van der Waals surface area contributed by atoms with Crippen LogP contribution in [0.4, 0.5) is 31.9 Å². The molecule has 1 aromatic carbocycles. The third kappa shape index (κ3) is 6.35. The van der Waals surface area contributed by atoms with Gasteiger partial charge in [0.15, 0.2) is 5.82 Å². The van der Waals surface area contributed by atoms with Gasteiger partial charge in [0.2, 0.25) is 5.95 Å². The number of amides is 1. The number of pyridine rings is 1. The zero-order chi connectivity index (χ0) is 28.3. The highest BCUT2D eigenvalue weighted by Crippen LogP contribution is 2.27. The first-order valence-corrected chi connectivity index (χ1v) is 12.6. The maximum Gasteiger partial charge on any atom is 0.286 e. The van der Waals surface area contributed by atoms with E-state index < -0.39 is 17.5 Å². The summed E-state index contributed by atoms with van der Waals surface area (Å²) in [4.78, 5) is 31.7. The van der Waals surface area contributed by atoms with Crippen molar-refractivity contribution in [2.75, 3.05) is 49.3 Å². The van der Waals surface area contributed by atoms with Gasteiger partial charge in [-0.3, -0.25) is 9.78 Å². The lowest BCUT2D eigenvalue weighted by atomic mass is 10.1. The van der Waals surface area contributed by atoms with Crippen molar-refractivity contribution in [2.24, 2.45) is 0 Å². The predicted octanol–water partition coefficient (Wildman–Crippen LogP) is 3.44. The van der Waals surface area contributed by atoms with E-state index >= 15 is 0 Å². The fourth-order valence-corrected chi connectivity index (χ4v) is 4.07. The molecule has 0 unspecified atom stereocenters. The zero-order valence-corrected chi connectivity index (χ0v) is 22.3. The van der Waals surface area contributed by atoms with E-state index in [1.807, 2.05) is 13.0 Å². The van der Waals surface area contributed by atoms with Gasteiger partial charge in [0.1, 0.15) is 24.2 Å². The Morgan fingerprint density at radius 1 is 0.975 bits per heavy atom. The van der Waals surface area contributed by atoms with E-state index in [4.69, 9.17) is 0 Å². The van der Waals surface area contributed by atoms with Crippen LogP contribution in [0.25, 0.3) is 5.82 Å². The number of rotatable bonds is 8. The molecular weight excluding hydrogens is 520 g/mol. The largest absolute Gasteiger partial charge is 0.324 e. The van der Waals surface area contributed by atoms with Crippen LogP contribution in [0.5, 0.6) is 0 Å². The van der Waals surface area contributed by atoms with Crippen LogP contribution >= 0.6 is 0 Å². The van der Waals surface area contributed by atoms with Gasteiger partial charge < -0.3 is 21.0 Å². The van der Waals surface area contributed by atoms with Gasteiger partial charge in [0, 0.05) is 62.3 Å². The molecule has 1 aliphatic heterocycles. The SMILES string of the molecule is Cc1ccc(NC(=O)c2ccnc(C(C)(F)F)c2)cc1Nc1ncnn1-c1cc(NN2CCN(C)CC2)ncn1. The monoisotopic (exact) mass is 549 g/mol. The van der Waals surface area contributed by atoms with E-state index in [9.17, 15) is 13.6 Å². The Morgan fingerprint density at radius 3 is 2.55 bits per heavy atom. The molecule has 1 fully saturated rings. The quantitative estimate of drug-likeness (QED) is 0.301. The Hall–Kier alpha value is -4.56. The summed E-state index contributed by atoms with van der Waals surface area (Å²) < 4.78 is 28.9. The third-order valence-corrected chi connectivity index (χ3v) is 6.41. The number of hydrogen-bond acceptors (Lipinski definition) is 10. The number of benzene rings is 1. The van der Waals surface area contributed by atoms with E-state index in [1.54, 1.807) is 22.9 Å². The molecule has 14 heteroatoms. The van der Waals surface area contributed by atoms with Crippen molar-refractivity contribution in [2.45, 2.75) is 19.8 Å². The molecule has 0 bridgehead atoms. The summed E-state index contributed by atoms with van der Waals surface area (Å²) in [5, 5.41) is 12.4. The van der Waals surface area contributed by atoms with Crippen LogP contribution in [0.1, 0.15) is 28.5 Å². The van der Waals surface area contributed by atoms with Gasteiger partial charge in [-0.05, 0) is 43.8 Å². The molecular formula is C26H29F2N11O. The predicted molar refractivity (Wildman–Crippen MR) is 146 cm³/mol. The maximum atomic E-state index is 13.7. The van der Waals surface area contributed by atoms with E-state index in [2.05, 4.69) is 58.1 Å². The first-order valence-electron chi connectivity index (χ1n) is 12.6. The summed E-state index contributed by atoms with van der Waals surface area (Å²) in [6, 6.07) is 9.52. The average molecular weight is 550 g/mol. The van der Waals surface area contributed by atoms with Gasteiger partial charge in [0.05, 0.1) is 0 Å². The summed E-state index contributed by atoms with van der Waals surface area (Å²) in [6.45, 7) is 6.28. The van der Waals surface area contributed by atoms with E-state index in [0.717, 1.165) is 44.7 Å². The first-order chi connectivity index (χ1) is 19.2. The zero-order valence-electron chi connectivity index (χ0n) is 22.3. The molecule has 3 aromatic heterocycles. The number of hydrogen-bond donors (Lipinski definition) is 3. The topological polar surface area (TPSA) is 129 Å². The summed E-state index contributed by atoms with van der Waals surface area (Å²) >= 11 is 0. The molecule has 1 aliphatic rings. The number of nitrogens with one attached hydrogen (secondary N) is 3. The second kappa shape index (κ2) is 11.3. The van der Waals surface area contributed by atoms with Crippen molar-refractivity contribution in [1.29, 1.82) is 0 Å². The van der Waals surface area contributed by atoms with Crippen LogP contribution < -0.4 is 16.1 Å². The molecule has 0 aliphatic carbocycles. The molecule has 208 valence electrons. The Labute approximate surface area is 229 Å². The van der Waals surface area contributed by atoms with Gasteiger partial charge in [-0.15, -0.1) is 0 Å². The molecule has 40 heavy (non-hydrogen) atoms.